The molecule has 0 N–H and O–H groups in total. The maximum absolute atomic E-state index is 13.5. The van der Waals surface area contributed by atoms with Crippen molar-refractivity contribution in [2.24, 2.45) is 4.99 Å². The fourth-order valence-electron chi connectivity index (χ4n) is 2.59. The number of carbonyl (C=O) groups excluding carboxylic acids is 1. The van der Waals surface area contributed by atoms with Gasteiger partial charge in [-0.25, -0.2) is 13.4 Å². The van der Waals surface area contributed by atoms with Gasteiger partial charge in [-0.05, 0) is 36.8 Å². The Balaban J connectivity index is 2.12. The highest BCUT2D eigenvalue weighted by Crippen LogP contribution is 2.43. The molecule has 2 aromatic rings. The highest BCUT2D eigenvalue weighted by molar-refractivity contribution is 7.92. The monoisotopic (exact) mass is 410 g/mol. The molecule has 6 nitrogen and oxygen atoms in total. The van der Waals surface area contributed by atoms with Crippen molar-refractivity contribution in [3.8, 4) is 0 Å². The molecule has 3 rings (SSSR count). The summed E-state index contributed by atoms with van der Waals surface area (Å²) in [7, 11) is -2.68. The second kappa shape index (κ2) is 6.94. The quantitative estimate of drug-likeness (QED) is 0.707. The number of aliphatic imine (C=N–C) groups is 1. The van der Waals surface area contributed by atoms with Crippen LogP contribution in [0.15, 0.2) is 45.6 Å². The number of allylic oxidation sites excluding steroid dienone is 1. The Morgan fingerprint density at radius 1 is 1.38 bits per heavy atom. The molecule has 0 amide bonds. The van der Waals surface area contributed by atoms with Gasteiger partial charge < -0.3 is 4.74 Å². The molecule has 0 spiro atoms. The van der Waals surface area contributed by atoms with E-state index in [0.29, 0.717) is 16.3 Å². The fraction of sp³-hybridized carbons (Fsp3) is 0.235. The summed E-state index contributed by atoms with van der Waals surface area (Å²) in [5, 5.41) is 2.26. The van der Waals surface area contributed by atoms with Crippen LogP contribution in [-0.4, -0.2) is 32.7 Å². The molecule has 1 aromatic heterocycles. The Labute approximate surface area is 160 Å². The summed E-state index contributed by atoms with van der Waals surface area (Å²) in [6.07, 6.45) is 4.45. The Morgan fingerprint density at radius 3 is 2.81 bits per heavy atom. The minimum absolute atomic E-state index is 0.0350. The Morgan fingerprint density at radius 2 is 2.15 bits per heavy atom. The highest BCUT2D eigenvalue weighted by Gasteiger charge is 2.48. The lowest BCUT2D eigenvalue weighted by Crippen LogP contribution is -2.31. The topological polar surface area (TPSA) is 85.7 Å². The summed E-state index contributed by atoms with van der Waals surface area (Å²) in [6, 6.07) is 4.72. The molecule has 26 heavy (non-hydrogen) atoms. The summed E-state index contributed by atoms with van der Waals surface area (Å²) in [5.74, 6) is -0.449. The van der Waals surface area contributed by atoms with Gasteiger partial charge in [-0.15, -0.1) is 11.3 Å². The molecule has 0 fully saturated rings. The summed E-state index contributed by atoms with van der Waals surface area (Å²) in [5.41, 5.74) is 0.889. The zero-order chi connectivity index (χ0) is 18.9. The lowest BCUT2D eigenvalue weighted by atomic mass is 10.2. The maximum atomic E-state index is 13.5. The molecule has 0 saturated carbocycles. The van der Waals surface area contributed by atoms with Crippen LogP contribution in [0.3, 0.4) is 0 Å². The van der Waals surface area contributed by atoms with Crippen LogP contribution >= 0.6 is 22.9 Å². The van der Waals surface area contributed by atoms with E-state index < -0.39 is 20.7 Å². The van der Waals surface area contributed by atoms with Crippen LogP contribution in [0.25, 0.3) is 0 Å². The fourth-order valence-corrected chi connectivity index (χ4v) is 5.98. The summed E-state index contributed by atoms with van der Waals surface area (Å²) < 4.78 is 31.6. The van der Waals surface area contributed by atoms with E-state index in [4.69, 9.17) is 11.6 Å². The van der Waals surface area contributed by atoms with Crippen molar-refractivity contribution in [2.45, 2.75) is 23.1 Å². The number of esters is 1. The molecule has 0 bridgehead atoms. The first-order valence-corrected chi connectivity index (χ1v) is 10.3. The first-order valence-electron chi connectivity index (χ1n) is 7.56. The van der Waals surface area contributed by atoms with Crippen LogP contribution in [0.1, 0.15) is 16.3 Å². The molecular formula is C17H15ClN2O4S2. The van der Waals surface area contributed by atoms with Crippen molar-refractivity contribution in [2.75, 3.05) is 7.11 Å². The van der Waals surface area contributed by atoms with Gasteiger partial charge in [0, 0.05) is 16.6 Å². The van der Waals surface area contributed by atoms with E-state index in [0.717, 1.165) is 11.3 Å². The molecule has 1 unspecified atom stereocenters. The van der Waals surface area contributed by atoms with Gasteiger partial charge in [0.15, 0.2) is 0 Å². The zero-order valence-corrected chi connectivity index (χ0v) is 16.4. The number of thiazole rings is 1. The molecule has 1 aliphatic rings. The molecule has 0 aliphatic carbocycles. The van der Waals surface area contributed by atoms with E-state index in [9.17, 15) is 13.2 Å². The van der Waals surface area contributed by atoms with Crippen LogP contribution < -0.4 is 0 Å². The molecule has 9 heteroatoms. The van der Waals surface area contributed by atoms with E-state index in [1.165, 1.54) is 25.5 Å². The van der Waals surface area contributed by atoms with E-state index in [1.54, 1.807) is 30.5 Å². The van der Waals surface area contributed by atoms with Gasteiger partial charge in [-0.1, -0.05) is 17.7 Å². The van der Waals surface area contributed by atoms with Crippen LogP contribution in [0.4, 0.5) is 0 Å². The molecule has 0 saturated heterocycles. The number of hydrogen-bond acceptors (Lipinski definition) is 7. The molecular weight excluding hydrogens is 396 g/mol. The second-order valence-electron chi connectivity index (χ2n) is 5.60. The third-order valence-corrected chi connectivity index (χ3v) is 7.83. The van der Waals surface area contributed by atoms with Crippen molar-refractivity contribution in [1.29, 1.82) is 0 Å². The zero-order valence-electron chi connectivity index (χ0n) is 14.0. The number of methoxy groups -OCH3 is 1. The van der Waals surface area contributed by atoms with Crippen molar-refractivity contribution in [3.63, 3.8) is 0 Å². The van der Waals surface area contributed by atoms with E-state index in [2.05, 4.69) is 14.7 Å². The van der Waals surface area contributed by atoms with Crippen LogP contribution in [0.2, 0.25) is 5.02 Å². The predicted octanol–water partition coefficient (Wildman–Crippen LogP) is 3.09. The van der Waals surface area contributed by atoms with Gasteiger partial charge in [-0.3, -0.25) is 9.79 Å². The number of carbonyl (C=O) groups is 1. The number of ether oxygens (including phenoxy) is 1. The number of rotatable bonds is 5. The largest absolute Gasteiger partial charge is 0.469 e. The first kappa shape index (κ1) is 18.8. The van der Waals surface area contributed by atoms with Crippen molar-refractivity contribution >= 4 is 45.0 Å². The molecule has 1 aromatic carbocycles. The molecule has 2 heterocycles. The van der Waals surface area contributed by atoms with Crippen LogP contribution in [-0.2, 0) is 30.7 Å². The van der Waals surface area contributed by atoms with Gasteiger partial charge in [0.05, 0.1) is 24.1 Å². The Hall–Kier alpha value is -2.03. The lowest BCUT2D eigenvalue weighted by Gasteiger charge is -2.23. The summed E-state index contributed by atoms with van der Waals surface area (Å²) in [6.45, 7) is 1.65. The Bertz CT molecular complexity index is 1010. The number of nitrogens with zero attached hydrogens (tertiary/aromatic N) is 2. The minimum atomic E-state index is -3.96. The average Bonchev–Trinajstić information content (AvgIpc) is 3.27. The van der Waals surface area contributed by atoms with E-state index in [-0.39, 0.29) is 16.3 Å². The number of benzene rings is 1. The second-order valence-corrected chi connectivity index (χ2v) is 8.93. The first-order chi connectivity index (χ1) is 12.3. The summed E-state index contributed by atoms with van der Waals surface area (Å²) >= 11 is 7.24. The average molecular weight is 411 g/mol. The number of halogens is 1. The predicted molar refractivity (Wildman–Crippen MR) is 101 cm³/mol. The molecule has 1 aliphatic heterocycles. The van der Waals surface area contributed by atoms with Crippen molar-refractivity contribution in [3.05, 3.63) is 57.0 Å². The normalized spacial score (nSPS) is 19.0. The SMILES string of the molecule is COC(=O)Cc1csc(C2(S(=O)(=O)c3cccc(Cl)c3C)C=CC=N2)n1. The van der Waals surface area contributed by atoms with E-state index >= 15 is 0 Å². The summed E-state index contributed by atoms with van der Waals surface area (Å²) in [4.78, 5) is 18.5. The van der Waals surface area contributed by atoms with Crippen LogP contribution in [0.5, 0.6) is 0 Å². The smallest absolute Gasteiger partial charge is 0.311 e. The van der Waals surface area contributed by atoms with Crippen molar-refractivity contribution in [1.82, 2.24) is 4.98 Å². The lowest BCUT2D eigenvalue weighted by molar-refractivity contribution is -0.139. The highest BCUT2D eigenvalue weighted by atomic mass is 35.5. The molecule has 136 valence electrons. The van der Waals surface area contributed by atoms with Gasteiger partial charge in [0.25, 0.3) is 0 Å². The van der Waals surface area contributed by atoms with Gasteiger partial charge in [0.2, 0.25) is 14.7 Å². The number of hydrogen-bond donors (Lipinski definition) is 0. The molecule has 1 atom stereocenters. The van der Waals surface area contributed by atoms with E-state index in [1.807, 2.05) is 0 Å². The van der Waals surface area contributed by atoms with Crippen LogP contribution in [0, 0.1) is 6.92 Å². The Kier molecular flexibility index (Phi) is 5.01. The minimum Gasteiger partial charge on any atom is -0.469 e. The standard InChI is InChI=1S/C17H15ClN2O4S2/c1-11-13(18)5-3-6-14(11)26(22,23)17(7-4-8-19-17)16-20-12(10-25-16)9-15(21)24-2/h3-8,10H,9H2,1-2H3. The third kappa shape index (κ3) is 2.98. The van der Waals surface area contributed by atoms with Gasteiger partial charge in [0.1, 0.15) is 5.01 Å². The van der Waals surface area contributed by atoms with Gasteiger partial charge in [-0.2, -0.15) is 0 Å². The van der Waals surface area contributed by atoms with Crippen molar-refractivity contribution < 1.29 is 17.9 Å². The van der Waals surface area contributed by atoms with Gasteiger partial charge >= 0.3 is 5.97 Å². The molecule has 0 radical (unpaired) electrons. The third-order valence-electron chi connectivity index (χ3n) is 4.00. The number of aromatic nitrogens is 1. The maximum Gasteiger partial charge on any atom is 0.311 e. The number of sulfone groups is 1.